The molecule has 1 saturated heterocycles. The first kappa shape index (κ1) is 19.1. The molecule has 25 heavy (non-hydrogen) atoms. The summed E-state index contributed by atoms with van der Waals surface area (Å²) in [4.78, 5) is 19.8. The first-order chi connectivity index (χ1) is 11.6. The van der Waals surface area contributed by atoms with Gasteiger partial charge >= 0.3 is 12.1 Å². The van der Waals surface area contributed by atoms with Crippen molar-refractivity contribution in [3.63, 3.8) is 0 Å². The molecule has 0 spiro atoms. The summed E-state index contributed by atoms with van der Waals surface area (Å²) in [6.45, 7) is 6.84. The molecule has 0 radical (unpaired) electrons. The average molecular weight is 369 g/mol. The van der Waals surface area contributed by atoms with Crippen LogP contribution in [0.5, 0.6) is 0 Å². The number of alkyl halides is 3. The van der Waals surface area contributed by atoms with Crippen LogP contribution in [0.4, 0.5) is 13.2 Å². The summed E-state index contributed by atoms with van der Waals surface area (Å²) < 4.78 is 38.4. The van der Waals surface area contributed by atoms with E-state index in [4.69, 9.17) is 0 Å². The number of hydrogen-bond donors (Lipinski definition) is 1. The minimum absolute atomic E-state index is 0.0474. The Hall–Kier alpha value is -2.23. The van der Waals surface area contributed by atoms with Gasteiger partial charge in [-0.25, -0.2) is 9.78 Å². The Bertz CT molecular complexity index is 767. The molecule has 5 nitrogen and oxygen atoms in total. The van der Waals surface area contributed by atoms with Crippen LogP contribution < -0.4 is 10.2 Å². The maximum atomic E-state index is 12.5. The number of nitrogens with zero attached hydrogens (tertiary/aromatic N) is 2. The molecule has 1 aliphatic heterocycles. The van der Waals surface area contributed by atoms with E-state index >= 15 is 0 Å². The van der Waals surface area contributed by atoms with Crippen LogP contribution in [0.15, 0.2) is 6.20 Å². The number of rotatable bonds is 2. The highest BCUT2D eigenvalue weighted by molar-refractivity contribution is 6.83. The van der Waals surface area contributed by atoms with Gasteiger partial charge in [-0.15, -0.1) is 10.3 Å². The number of nitrogens with one attached hydrogen (secondary N) is 1. The van der Waals surface area contributed by atoms with Crippen molar-refractivity contribution in [1.82, 2.24) is 15.0 Å². The van der Waals surface area contributed by atoms with E-state index in [-0.39, 0.29) is 17.6 Å². The van der Waals surface area contributed by atoms with E-state index in [1.165, 1.54) is 6.20 Å². The summed E-state index contributed by atoms with van der Waals surface area (Å²) in [6.07, 6.45) is -2.29. The normalized spacial score (nSPS) is 17.3. The van der Waals surface area contributed by atoms with Gasteiger partial charge in [-0.2, -0.15) is 13.2 Å². The molecule has 1 aromatic rings. The van der Waals surface area contributed by atoms with Crippen LogP contribution in [0.1, 0.15) is 30.4 Å². The number of imidazole rings is 1. The Morgan fingerprint density at radius 3 is 2.68 bits per heavy atom. The highest BCUT2D eigenvalue weighted by Crippen LogP contribution is 2.23. The standard InChI is InChI=1S/C16H18F3N3O2Si/c1-25(2,3)10-5-4-7-12-11-21-14(13-8-6-9-20-13)22(12)24-15(23)16(17,18)19/h11,13,20H,6,8-9H2,1-3H3/t13-/m0/s1. The van der Waals surface area contributed by atoms with Crippen molar-refractivity contribution < 1.29 is 22.8 Å². The van der Waals surface area contributed by atoms with E-state index in [0.717, 1.165) is 11.2 Å². The predicted octanol–water partition coefficient (Wildman–Crippen LogP) is 2.06. The predicted molar refractivity (Wildman–Crippen MR) is 87.8 cm³/mol. The second-order valence-corrected chi connectivity index (χ2v) is 11.3. The van der Waals surface area contributed by atoms with E-state index in [2.05, 4.69) is 38.4 Å². The average Bonchev–Trinajstić information content (AvgIpc) is 3.11. The smallest absolute Gasteiger partial charge is 0.325 e. The molecular weight excluding hydrogens is 351 g/mol. The van der Waals surface area contributed by atoms with Crippen LogP contribution in [-0.4, -0.2) is 36.5 Å². The van der Waals surface area contributed by atoms with E-state index in [1.807, 2.05) is 19.6 Å². The monoisotopic (exact) mass is 369 g/mol. The summed E-state index contributed by atoms with van der Waals surface area (Å²) in [5.41, 5.74) is 3.07. The van der Waals surface area contributed by atoms with E-state index in [0.29, 0.717) is 13.0 Å². The van der Waals surface area contributed by atoms with Gasteiger partial charge in [0, 0.05) is 0 Å². The molecule has 0 saturated carbocycles. The zero-order chi connectivity index (χ0) is 18.7. The molecular formula is C16H18F3N3O2Si. The maximum Gasteiger partial charge on any atom is 0.493 e. The van der Waals surface area contributed by atoms with Crippen molar-refractivity contribution in [3.8, 4) is 23.3 Å². The lowest BCUT2D eigenvalue weighted by Crippen LogP contribution is -2.35. The maximum absolute atomic E-state index is 12.5. The SMILES string of the molecule is C[Si](C)(C)C#CC#Cc1cnc([C@@H]2CCCN2)n1OC(=O)C(F)(F)F. The van der Waals surface area contributed by atoms with Crippen molar-refractivity contribution >= 4 is 14.0 Å². The lowest BCUT2D eigenvalue weighted by Gasteiger charge is -2.14. The zero-order valence-corrected chi connectivity index (χ0v) is 15.1. The molecule has 1 aliphatic rings. The van der Waals surface area contributed by atoms with Crippen LogP contribution in [0.3, 0.4) is 0 Å². The number of carbonyl (C=O) groups is 1. The molecule has 2 heterocycles. The molecule has 0 amide bonds. The minimum Gasteiger partial charge on any atom is -0.325 e. The molecule has 0 aromatic carbocycles. The summed E-state index contributed by atoms with van der Waals surface area (Å²) in [5.74, 6) is 5.77. The fourth-order valence-electron chi connectivity index (χ4n) is 2.12. The van der Waals surface area contributed by atoms with E-state index in [1.54, 1.807) is 0 Å². The molecule has 2 rings (SSSR count). The van der Waals surface area contributed by atoms with Crippen molar-refractivity contribution in [2.75, 3.05) is 6.54 Å². The molecule has 1 N–H and O–H groups in total. The lowest BCUT2D eigenvalue weighted by atomic mass is 10.2. The van der Waals surface area contributed by atoms with Gasteiger partial charge in [0.05, 0.1) is 12.2 Å². The quantitative estimate of drug-likeness (QED) is 0.640. The van der Waals surface area contributed by atoms with Crippen LogP contribution in [0.2, 0.25) is 19.6 Å². The molecule has 1 aromatic heterocycles. The Labute approximate surface area is 144 Å². The summed E-state index contributed by atoms with van der Waals surface area (Å²) in [6, 6.07) is -0.287. The zero-order valence-electron chi connectivity index (χ0n) is 14.1. The Morgan fingerprint density at radius 2 is 2.12 bits per heavy atom. The highest BCUT2D eigenvalue weighted by Gasteiger charge is 2.43. The Kier molecular flexibility index (Phi) is 5.61. The Balaban J connectivity index is 2.34. The molecule has 0 aliphatic carbocycles. The van der Waals surface area contributed by atoms with Gasteiger partial charge in [-0.3, -0.25) is 0 Å². The molecule has 0 unspecified atom stereocenters. The largest absolute Gasteiger partial charge is 0.493 e. The number of carbonyl (C=O) groups excluding carboxylic acids is 1. The summed E-state index contributed by atoms with van der Waals surface area (Å²) in [5, 5.41) is 3.10. The van der Waals surface area contributed by atoms with Gasteiger partial charge in [-0.05, 0) is 37.1 Å². The van der Waals surface area contributed by atoms with E-state index in [9.17, 15) is 18.0 Å². The summed E-state index contributed by atoms with van der Waals surface area (Å²) in [7, 11) is -1.61. The van der Waals surface area contributed by atoms with E-state index < -0.39 is 20.2 Å². The fourth-order valence-corrected chi connectivity index (χ4v) is 2.56. The van der Waals surface area contributed by atoms with Gasteiger partial charge in [0.2, 0.25) is 0 Å². The third kappa shape index (κ3) is 5.38. The lowest BCUT2D eigenvalue weighted by molar-refractivity contribution is -0.200. The van der Waals surface area contributed by atoms with Crippen molar-refractivity contribution in [2.45, 2.75) is 44.7 Å². The first-order valence-electron chi connectivity index (χ1n) is 7.71. The number of aromatic nitrogens is 2. The molecule has 0 bridgehead atoms. The molecule has 1 fully saturated rings. The minimum atomic E-state index is -5.10. The highest BCUT2D eigenvalue weighted by atomic mass is 28.3. The van der Waals surface area contributed by atoms with Gasteiger partial charge in [-0.1, -0.05) is 19.6 Å². The van der Waals surface area contributed by atoms with Crippen LogP contribution in [0, 0.1) is 23.3 Å². The Morgan fingerprint density at radius 1 is 1.40 bits per heavy atom. The number of hydrogen-bond acceptors (Lipinski definition) is 4. The van der Waals surface area contributed by atoms with Crippen LogP contribution in [-0.2, 0) is 4.79 Å². The van der Waals surface area contributed by atoms with Gasteiger partial charge in [0.15, 0.2) is 11.5 Å². The first-order valence-corrected chi connectivity index (χ1v) is 11.2. The second-order valence-electron chi connectivity index (χ2n) is 6.57. The number of halogens is 3. The second kappa shape index (κ2) is 7.34. The third-order valence-electron chi connectivity index (χ3n) is 3.21. The van der Waals surface area contributed by atoms with Crippen molar-refractivity contribution in [1.29, 1.82) is 0 Å². The van der Waals surface area contributed by atoms with Gasteiger partial charge in [0.25, 0.3) is 0 Å². The molecule has 9 heteroatoms. The molecule has 1 atom stereocenters. The molecule has 134 valence electrons. The fraction of sp³-hybridized carbons (Fsp3) is 0.500. The van der Waals surface area contributed by atoms with Crippen LogP contribution in [0.25, 0.3) is 0 Å². The topological polar surface area (TPSA) is 56.1 Å². The van der Waals surface area contributed by atoms with Crippen molar-refractivity contribution in [3.05, 3.63) is 17.7 Å². The third-order valence-corrected chi connectivity index (χ3v) is 4.09. The van der Waals surface area contributed by atoms with Crippen LogP contribution >= 0.6 is 0 Å². The van der Waals surface area contributed by atoms with Gasteiger partial charge in [0.1, 0.15) is 8.07 Å². The summed E-state index contributed by atoms with van der Waals surface area (Å²) >= 11 is 0. The van der Waals surface area contributed by atoms with Crippen molar-refractivity contribution in [2.24, 2.45) is 0 Å². The van der Waals surface area contributed by atoms with Gasteiger partial charge < -0.3 is 10.2 Å².